The van der Waals surface area contributed by atoms with Crippen LogP contribution >= 0.6 is 0 Å². The van der Waals surface area contributed by atoms with E-state index >= 15 is 0 Å². The van der Waals surface area contributed by atoms with Crippen molar-refractivity contribution in [1.82, 2.24) is 9.38 Å². The van der Waals surface area contributed by atoms with Gasteiger partial charge in [0.15, 0.2) is 5.75 Å². The van der Waals surface area contributed by atoms with E-state index in [4.69, 9.17) is 23.9 Å². The lowest BCUT2D eigenvalue weighted by Gasteiger charge is -2.38. The van der Waals surface area contributed by atoms with Crippen molar-refractivity contribution in [1.29, 1.82) is 0 Å². The minimum Gasteiger partial charge on any atom is -0.507 e. The van der Waals surface area contributed by atoms with Gasteiger partial charge in [0, 0.05) is 67.3 Å². The van der Waals surface area contributed by atoms with E-state index in [2.05, 4.69) is 5.32 Å². The van der Waals surface area contributed by atoms with E-state index in [1.54, 1.807) is 63.4 Å². The number of ether oxygens (including phenoxy) is 4. The number of methoxy groups -OCH3 is 1. The van der Waals surface area contributed by atoms with E-state index in [1.165, 1.54) is 40.2 Å². The van der Waals surface area contributed by atoms with E-state index in [0.717, 1.165) is 5.56 Å². The summed E-state index contributed by atoms with van der Waals surface area (Å²) in [6, 6.07) is 3.64. The Hall–Kier alpha value is -5.44. The van der Waals surface area contributed by atoms with Crippen molar-refractivity contribution in [2.75, 3.05) is 12.4 Å². The number of aliphatic hydroxyl groups excluding tert-OH is 2. The van der Waals surface area contributed by atoms with Gasteiger partial charge in [-0.1, -0.05) is 45.9 Å². The van der Waals surface area contributed by atoms with Crippen LogP contribution in [-0.4, -0.2) is 84.8 Å². The Balaban J connectivity index is 1.58. The molecule has 2 aliphatic rings. The molecule has 0 saturated heterocycles. The van der Waals surface area contributed by atoms with Gasteiger partial charge in [-0.3, -0.25) is 18.8 Å². The number of ketones is 1. The van der Waals surface area contributed by atoms with E-state index < -0.39 is 77.3 Å². The molecule has 14 nitrogen and oxygen atoms in total. The predicted molar refractivity (Wildman–Crippen MR) is 213 cm³/mol. The van der Waals surface area contributed by atoms with E-state index in [0.29, 0.717) is 5.65 Å². The number of fused-ring (bicyclic) bond motifs is 2. The SMILES string of the molecule is COC1C=CO[C@@]2(C)Oc3c(C)c(O)c4c(O)c(c5c(nc6cc(C)ccn65)c4c3C2=O)NC(=O)/C(C)=C\C=C/C(C)C(O)[C@@H](C)C(O)C(C)[C@@H](OC(C)=O)C1C. The van der Waals surface area contributed by atoms with Gasteiger partial charge in [-0.05, 0) is 44.5 Å². The maximum Gasteiger partial charge on any atom is 0.312 e. The number of benzene rings is 2. The summed E-state index contributed by atoms with van der Waals surface area (Å²) in [5.41, 5.74) is 2.18. The van der Waals surface area contributed by atoms with Crippen molar-refractivity contribution >= 4 is 50.8 Å². The van der Waals surface area contributed by atoms with Crippen LogP contribution in [0.2, 0.25) is 0 Å². The van der Waals surface area contributed by atoms with Crippen molar-refractivity contribution in [2.24, 2.45) is 23.7 Å². The lowest BCUT2D eigenvalue weighted by atomic mass is 9.78. The number of phenols is 2. The van der Waals surface area contributed by atoms with Gasteiger partial charge in [0.1, 0.15) is 40.0 Å². The largest absolute Gasteiger partial charge is 0.507 e. The molecule has 9 atom stereocenters. The summed E-state index contributed by atoms with van der Waals surface area (Å²) in [4.78, 5) is 45.6. The molecule has 4 aromatic rings. The summed E-state index contributed by atoms with van der Waals surface area (Å²) in [7, 11) is 1.46. The molecule has 2 aliphatic heterocycles. The number of anilines is 1. The van der Waals surface area contributed by atoms with Crippen molar-refractivity contribution in [3.8, 4) is 17.2 Å². The van der Waals surface area contributed by atoms with Crippen molar-refractivity contribution in [3.63, 3.8) is 0 Å². The fraction of sp³-hybridized carbons (Fsp3) is 0.442. The minimum absolute atomic E-state index is 0.0185. The zero-order valence-electron chi connectivity index (χ0n) is 33.8. The molecule has 0 radical (unpaired) electrons. The lowest BCUT2D eigenvalue weighted by molar-refractivity contribution is -0.160. The van der Waals surface area contributed by atoms with Crippen LogP contribution in [-0.2, 0) is 23.8 Å². The van der Waals surface area contributed by atoms with Crippen molar-refractivity contribution < 1.29 is 53.8 Å². The van der Waals surface area contributed by atoms with E-state index in [1.807, 2.05) is 19.1 Å². The molecule has 1 amide bonds. The summed E-state index contributed by atoms with van der Waals surface area (Å²) in [5.74, 6) is -6.96. The first-order chi connectivity index (χ1) is 26.8. The molecule has 4 heterocycles. The zero-order chi connectivity index (χ0) is 41.8. The number of aromatic hydroxyl groups is 2. The highest BCUT2D eigenvalue weighted by atomic mass is 16.7. The Morgan fingerprint density at radius 1 is 0.982 bits per heavy atom. The van der Waals surface area contributed by atoms with Crippen LogP contribution < -0.4 is 10.1 Å². The number of amides is 1. The van der Waals surface area contributed by atoms with Gasteiger partial charge in [0.05, 0.1) is 35.5 Å². The normalized spacial score (nSPS) is 30.3. The molecule has 0 aliphatic carbocycles. The molecule has 2 aromatic heterocycles. The van der Waals surface area contributed by atoms with Gasteiger partial charge >= 0.3 is 11.8 Å². The van der Waals surface area contributed by atoms with Crippen LogP contribution in [0.1, 0.15) is 70.0 Å². The van der Waals surface area contributed by atoms with Gasteiger partial charge in [-0.25, -0.2) is 4.98 Å². The number of rotatable bonds is 2. The number of Topliss-reactive ketones (excluding diaryl/α,β-unsaturated/α-hetero) is 1. The number of nitrogens with zero attached hydrogens (tertiary/aromatic N) is 2. The van der Waals surface area contributed by atoms with Gasteiger partial charge in [0.2, 0.25) is 0 Å². The number of aliphatic hydroxyl groups is 2. The van der Waals surface area contributed by atoms with Gasteiger partial charge in [-0.15, -0.1) is 0 Å². The van der Waals surface area contributed by atoms with Crippen molar-refractivity contribution in [3.05, 3.63) is 71.2 Å². The fourth-order valence-corrected chi connectivity index (χ4v) is 8.03. The number of nitrogens with one attached hydrogen (secondary N) is 1. The van der Waals surface area contributed by atoms with E-state index in [-0.39, 0.29) is 55.7 Å². The lowest BCUT2D eigenvalue weighted by Crippen LogP contribution is -2.46. The third kappa shape index (κ3) is 7.10. The topological polar surface area (TPSA) is 198 Å². The Labute approximate surface area is 330 Å². The highest BCUT2D eigenvalue weighted by molar-refractivity contribution is 6.28. The number of hydrogen-bond acceptors (Lipinski definition) is 12. The van der Waals surface area contributed by atoms with Gasteiger partial charge < -0.3 is 44.7 Å². The predicted octanol–water partition coefficient (Wildman–Crippen LogP) is 6.16. The molecule has 304 valence electrons. The Morgan fingerprint density at radius 2 is 1.68 bits per heavy atom. The highest BCUT2D eigenvalue weighted by Gasteiger charge is 2.50. The standard InChI is InChI=1S/C43H51N3O11/c1-19-14-16-46-28(18-19)44-32-29-30-37(50)25(7)40-31(29)41(52)43(9,57-40)55-17-15-27(54-10)22(4)39(56-26(8)47)24(6)36(49)23(5)35(48)20(2)12-11-13-21(3)42(53)45-33(34(32)46)38(30)51/h11-18,20,22-24,27,35-36,39,48-51H,1-10H3,(H,45,53)/b12-11-,17-15?,21-13-/t20?,22?,23-,24?,27?,35?,36?,39+,43+/m1/s1. The molecule has 0 fully saturated rings. The molecular formula is C43H51N3O11. The number of pyridine rings is 1. The van der Waals surface area contributed by atoms with E-state index in [9.17, 15) is 34.8 Å². The molecule has 4 bridgehead atoms. The number of hydrogen-bond donors (Lipinski definition) is 5. The summed E-state index contributed by atoms with van der Waals surface area (Å²) >= 11 is 0. The summed E-state index contributed by atoms with van der Waals surface area (Å²) < 4.78 is 25.5. The Kier molecular flexibility index (Phi) is 11.2. The highest BCUT2D eigenvalue weighted by Crippen LogP contribution is 2.54. The number of phenolic OH excluding ortho intramolecular Hbond substituents is 2. The van der Waals surface area contributed by atoms with Crippen molar-refractivity contribution in [2.45, 2.75) is 92.5 Å². The monoisotopic (exact) mass is 785 g/mol. The average molecular weight is 786 g/mol. The van der Waals surface area contributed by atoms with Crippen LogP contribution in [0.25, 0.3) is 27.5 Å². The minimum atomic E-state index is -1.96. The third-order valence-electron chi connectivity index (χ3n) is 11.5. The Morgan fingerprint density at radius 3 is 2.35 bits per heavy atom. The number of carbonyl (C=O) groups excluding carboxylic acids is 3. The second-order valence-electron chi connectivity index (χ2n) is 15.6. The molecular weight excluding hydrogens is 734 g/mol. The first kappa shape index (κ1) is 41.2. The molecule has 6 unspecified atom stereocenters. The fourth-order valence-electron chi connectivity index (χ4n) is 8.03. The number of esters is 1. The van der Waals surface area contributed by atoms with Crippen LogP contribution in [0, 0.1) is 37.5 Å². The van der Waals surface area contributed by atoms with Crippen LogP contribution in [0.5, 0.6) is 17.2 Å². The Bertz CT molecular complexity index is 2380. The molecule has 2 aromatic carbocycles. The smallest absolute Gasteiger partial charge is 0.312 e. The zero-order valence-corrected chi connectivity index (χ0v) is 33.8. The van der Waals surface area contributed by atoms with Gasteiger partial charge in [-0.2, -0.15) is 0 Å². The van der Waals surface area contributed by atoms with Crippen LogP contribution in [0.3, 0.4) is 0 Å². The molecule has 0 saturated carbocycles. The van der Waals surface area contributed by atoms with Crippen LogP contribution in [0.15, 0.2) is 54.5 Å². The quantitative estimate of drug-likeness (QED) is 0.115. The summed E-state index contributed by atoms with van der Waals surface area (Å²) in [5, 5.41) is 49.4. The van der Waals surface area contributed by atoms with Gasteiger partial charge in [0.25, 0.3) is 11.7 Å². The number of allylic oxidation sites excluding steroid dienone is 2. The average Bonchev–Trinajstić information content (AvgIpc) is 3.67. The number of carbonyl (C=O) groups is 3. The van der Waals surface area contributed by atoms with Crippen LogP contribution in [0.4, 0.5) is 5.69 Å². The molecule has 5 N–H and O–H groups in total. The third-order valence-corrected chi connectivity index (χ3v) is 11.5. The second kappa shape index (κ2) is 15.5. The molecule has 6 rings (SSSR count). The summed E-state index contributed by atoms with van der Waals surface area (Å²) in [6.07, 6.45) is 5.62. The first-order valence-electron chi connectivity index (χ1n) is 19.0. The summed E-state index contributed by atoms with van der Waals surface area (Å²) in [6.45, 7) is 14.7. The molecule has 57 heavy (non-hydrogen) atoms. The molecule has 14 heteroatoms. The first-order valence-corrected chi connectivity index (χ1v) is 19.0. The number of aromatic nitrogens is 2. The maximum atomic E-state index is 14.6. The molecule has 0 spiro atoms. The second-order valence-corrected chi connectivity index (χ2v) is 15.6. The number of imidazole rings is 1. The maximum absolute atomic E-state index is 14.6. The number of aryl methyl sites for hydroxylation is 1.